The van der Waals surface area contributed by atoms with Gasteiger partial charge in [-0.15, -0.1) is 0 Å². The van der Waals surface area contributed by atoms with Gasteiger partial charge < -0.3 is 10.3 Å². The first kappa shape index (κ1) is 15.3. The van der Waals surface area contributed by atoms with Crippen LogP contribution < -0.4 is 10.5 Å². The minimum Gasteiger partial charge on any atom is -0.396 e. The molecular weight excluding hydrogens is 297 g/mol. The fourth-order valence-electron chi connectivity index (χ4n) is 2.03. The third kappa shape index (κ3) is 2.58. The zero-order valence-corrected chi connectivity index (χ0v) is 12.9. The van der Waals surface area contributed by atoms with Crippen LogP contribution in [0.2, 0.25) is 0 Å². The predicted octanol–water partition coefficient (Wildman–Crippen LogP) is 2.43. The normalized spacial score (nSPS) is 11.7. The summed E-state index contributed by atoms with van der Waals surface area (Å²) in [6.07, 6.45) is 0. The topological polar surface area (TPSA) is 98.2 Å². The number of nitrogens with two attached hydrogens (primary N) is 1. The molecule has 6 nitrogen and oxygen atoms in total. The summed E-state index contributed by atoms with van der Waals surface area (Å²) < 4.78 is 45.8. The molecule has 2 rings (SSSR count). The molecule has 0 saturated carbocycles. The Morgan fingerprint density at radius 2 is 1.86 bits per heavy atom. The Morgan fingerprint density at radius 1 is 1.24 bits per heavy atom. The second-order valence-electron chi connectivity index (χ2n) is 4.87. The summed E-state index contributed by atoms with van der Waals surface area (Å²) in [7, 11) is -3.95. The number of benzene rings is 1. The van der Waals surface area contributed by atoms with Crippen LogP contribution >= 0.6 is 0 Å². The molecule has 0 aliphatic carbocycles. The van der Waals surface area contributed by atoms with Gasteiger partial charge in [-0.1, -0.05) is 5.16 Å². The monoisotopic (exact) mass is 313 g/mol. The maximum absolute atomic E-state index is 13.5. The van der Waals surface area contributed by atoms with Crippen LogP contribution in [0.4, 0.5) is 16.0 Å². The number of nitrogen functional groups attached to an aromatic ring is 1. The van der Waals surface area contributed by atoms with Crippen molar-refractivity contribution in [2.45, 2.75) is 32.6 Å². The molecule has 3 N–H and O–H groups in total. The average Bonchev–Trinajstić information content (AvgIpc) is 2.67. The minimum absolute atomic E-state index is 0.0363. The number of aromatic nitrogens is 1. The largest absolute Gasteiger partial charge is 0.396 e. The Labute approximate surface area is 122 Å². The molecule has 1 aromatic heterocycles. The summed E-state index contributed by atoms with van der Waals surface area (Å²) in [4.78, 5) is -0.0603. The summed E-state index contributed by atoms with van der Waals surface area (Å²) in [6.45, 7) is 6.34. The Hall–Kier alpha value is -2.09. The van der Waals surface area contributed by atoms with E-state index in [1.807, 2.05) is 0 Å². The van der Waals surface area contributed by atoms with E-state index in [4.69, 9.17) is 10.3 Å². The third-order valence-electron chi connectivity index (χ3n) is 3.36. The van der Waals surface area contributed by atoms with Crippen LogP contribution in [0.25, 0.3) is 0 Å². The summed E-state index contributed by atoms with van der Waals surface area (Å²) in [5, 5.41) is 3.68. The molecule has 2 aromatic rings. The van der Waals surface area contributed by atoms with Crippen molar-refractivity contribution in [3.63, 3.8) is 0 Å². The van der Waals surface area contributed by atoms with Gasteiger partial charge in [-0.2, -0.15) is 0 Å². The Balaban J connectivity index is 2.55. The lowest BCUT2D eigenvalue weighted by Gasteiger charge is -2.14. The highest BCUT2D eigenvalue weighted by Gasteiger charge is 2.25. The molecule has 0 atom stereocenters. The second kappa shape index (κ2) is 5.03. The molecule has 8 heteroatoms. The van der Waals surface area contributed by atoms with Gasteiger partial charge in [0, 0.05) is 5.56 Å². The molecule has 0 unspecified atom stereocenters. The van der Waals surface area contributed by atoms with Crippen LogP contribution in [0.15, 0.2) is 15.5 Å². The minimum atomic E-state index is -3.95. The van der Waals surface area contributed by atoms with Crippen molar-refractivity contribution >= 4 is 21.6 Å². The number of anilines is 2. The smallest absolute Gasteiger partial charge is 0.264 e. The van der Waals surface area contributed by atoms with Crippen molar-refractivity contribution in [1.82, 2.24) is 5.16 Å². The van der Waals surface area contributed by atoms with E-state index >= 15 is 0 Å². The summed E-state index contributed by atoms with van der Waals surface area (Å²) in [5.41, 5.74) is 6.98. The van der Waals surface area contributed by atoms with E-state index in [1.54, 1.807) is 13.8 Å². The maximum atomic E-state index is 13.5. The van der Waals surface area contributed by atoms with Crippen LogP contribution in [0, 0.1) is 33.5 Å². The molecule has 21 heavy (non-hydrogen) atoms. The Kier molecular flexibility index (Phi) is 3.66. The van der Waals surface area contributed by atoms with E-state index in [9.17, 15) is 12.8 Å². The molecular formula is C13H16FN3O3S. The average molecular weight is 313 g/mol. The van der Waals surface area contributed by atoms with Crippen molar-refractivity contribution < 1.29 is 17.3 Å². The van der Waals surface area contributed by atoms with E-state index in [2.05, 4.69) is 9.88 Å². The Morgan fingerprint density at radius 3 is 2.38 bits per heavy atom. The summed E-state index contributed by atoms with van der Waals surface area (Å²) >= 11 is 0. The summed E-state index contributed by atoms with van der Waals surface area (Å²) in [5.74, 6) is -0.607. The van der Waals surface area contributed by atoms with E-state index < -0.39 is 15.8 Å². The molecule has 0 spiro atoms. The van der Waals surface area contributed by atoms with E-state index in [-0.39, 0.29) is 27.6 Å². The van der Waals surface area contributed by atoms with Crippen LogP contribution in [-0.2, 0) is 10.0 Å². The van der Waals surface area contributed by atoms with Gasteiger partial charge in [-0.25, -0.2) is 17.5 Å². The SMILES string of the molecule is Cc1cc(F)c(N)c(C)c1S(=O)(=O)Nc1onc(C)c1C. The molecule has 114 valence electrons. The molecule has 0 aliphatic rings. The van der Waals surface area contributed by atoms with Crippen molar-refractivity contribution in [2.24, 2.45) is 0 Å². The lowest BCUT2D eigenvalue weighted by atomic mass is 10.1. The van der Waals surface area contributed by atoms with Gasteiger partial charge in [0.2, 0.25) is 5.88 Å². The molecule has 0 amide bonds. The first-order valence-electron chi connectivity index (χ1n) is 6.16. The molecule has 0 fully saturated rings. The quantitative estimate of drug-likeness (QED) is 0.848. The lowest BCUT2D eigenvalue weighted by Crippen LogP contribution is -2.17. The highest BCUT2D eigenvalue weighted by molar-refractivity contribution is 7.92. The second-order valence-corrected chi connectivity index (χ2v) is 6.49. The lowest BCUT2D eigenvalue weighted by molar-refractivity contribution is 0.430. The van der Waals surface area contributed by atoms with Crippen LogP contribution in [0.1, 0.15) is 22.4 Å². The van der Waals surface area contributed by atoms with Crippen molar-refractivity contribution in [1.29, 1.82) is 0 Å². The first-order chi connectivity index (χ1) is 9.65. The molecule has 0 radical (unpaired) electrons. The molecule has 0 saturated heterocycles. The van der Waals surface area contributed by atoms with Crippen molar-refractivity contribution in [3.05, 3.63) is 34.3 Å². The number of aryl methyl sites for hydroxylation is 2. The van der Waals surface area contributed by atoms with Gasteiger partial charge in [0.05, 0.1) is 16.3 Å². The Bertz CT molecular complexity index is 813. The number of halogens is 1. The molecule has 1 heterocycles. The van der Waals surface area contributed by atoms with Gasteiger partial charge in [0.25, 0.3) is 10.0 Å². The number of nitrogens with one attached hydrogen (secondary N) is 1. The van der Waals surface area contributed by atoms with E-state index in [0.29, 0.717) is 11.3 Å². The number of hydrogen-bond acceptors (Lipinski definition) is 5. The number of hydrogen-bond donors (Lipinski definition) is 2. The predicted molar refractivity (Wildman–Crippen MR) is 77.1 cm³/mol. The van der Waals surface area contributed by atoms with E-state index in [0.717, 1.165) is 6.07 Å². The standard InChI is InChI=1S/C13H16FN3O3S/c1-6-5-10(14)11(15)8(3)12(6)21(18,19)17-13-7(2)9(4)16-20-13/h5,17H,15H2,1-4H3. The van der Waals surface area contributed by atoms with Crippen LogP contribution in [-0.4, -0.2) is 13.6 Å². The van der Waals surface area contributed by atoms with Crippen LogP contribution in [0.3, 0.4) is 0 Å². The first-order valence-corrected chi connectivity index (χ1v) is 7.64. The van der Waals surface area contributed by atoms with Gasteiger partial charge >= 0.3 is 0 Å². The zero-order chi connectivity index (χ0) is 15.9. The molecule has 0 bridgehead atoms. The highest BCUT2D eigenvalue weighted by Crippen LogP contribution is 2.30. The zero-order valence-electron chi connectivity index (χ0n) is 12.1. The molecule has 0 aliphatic heterocycles. The van der Waals surface area contributed by atoms with Gasteiger partial charge in [-0.3, -0.25) is 0 Å². The van der Waals surface area contributed by atoms with Crippen molar-refractivity contribution in [3.8, 4) is 0 Å². The maximum Gasteiger partial charge on any atom is 0.264 e. The number of rotatable bonds is 3. The fraction of sp³-hybridized carbons (Fsp3) is 0.308. The van der Waals surface area contributed by atoms with E-state index in [1.165, 1.54) is 13.8 Å². The fourth-order valence-corrected chi connectivity index (χ4v) is 3.56. The summed E-state index contributed by atoms with van der Waals surface area (Å²) in [6, 6.07) is 1.09. The highest BCUT2D eigenvalue weighted by atomic mass is 32.2. The third-order valence-corrected chi connectivity index (χ3v) is 4.98. The van der Waals surface area contributed by atoms with Gasteiger partial charge in [-0.05, 0) is 44.9 Å². The van der Waals surface area contributed by atoms with Gasteiger partial charge in [0.15, 0.2) is 0 Å². The number of nitrogens with zero attached hydrogens (tertiary/aromatic N) is 1. The number of sulfonamides is 1. The molecule has 1 aromatic carbocycles. The van der Waals surface area contributed by atoms with Crippen molar-refractivity contribution in [2.75, 3.05) is 10.5 Å². The van der Waals surface area contributed by atoms with Crippen LogP contribution in [0.5, 0.6) is 0 Å². The van der Waals surface area contributed by atoms with Gasteiger partial charge in [0.1, 0.15) is 5.82 Å².